The number of anilines is 1. The minimum Gasteiger partial charge on any atom is -0.357 e. The van der Waals surface area contributed by atoms with Gasteiger partial charge in [-0.2, -0.15) is 18.3 Å². The lowest BCUT2D eigenvalue weighted by Gasteiger charge is -2.30. The number of amides is 1. The molecule has 47 heavy (non-hydrogen) atoms. The minimum atomic E-state index is -4.63. The van der Waals surface area contributed by atoms with E-state index in [9.17, 15) is 22.8 Å². The van der Waals surface area contributed by atoms with Crippen molar-refractivity contribution in [3.05, 3.63) is 121 Å². The molecule has 6 aromatic rings. The van der Waals surface area contributed by atoms with Crippen molar-refractivity contribution in [1.29, 1.82) is 0 Å². The van der Waals surface area contributed by atoms with Crippen LogP contribution in [-0.2, 0) is 25.6 Å². The molecule has 2 aromatic carbocycles. The van der Waals surface area contributed by atoms with Gasteiger partial charge in [0.2, 0.25) is 5.95 Å². The van der Waals surface area contributed by atoms with Gasteiger partial charge in [-0.3, -0.25) is 18.6 Å². The average molecular weight is 708 g/mol. The molecule has 242 valence electrons. The van der Waals surface area contributed by atoms with E-state index in [1.54, 1.807) is 45.1 Å². The van der Waals surface area contributed by atoms with Gasteiger partial charge < -0.3 is 10.2 Å². The van der Waals surface area contributed by atoms with E-state index in [0.717, 1.165) is 17.2 Å². The van der Waals surface area contributed by atoms with Crippen LogP contribution in [0.25, 0.3) is 17.0 Å². The maximum atomic E-state index is 14.3. The largest absolute Gasteiger partial charge is 0.417 e. The molecule has 0 atom stereocenters. The van der Waals surface area contributed by atoms with Crippen LogP contribution in [0.4, 0.5) is 19.1 Å². The maximum Gasteiger partial charge on any atom is 0.417 e. The number of nitrogens with one attached hydrogen (secondary N) is 1. The number of carbonyl (C=O) groups is 1. The predicted octanol–water partition coefficient (Wildman–Crippen LogP) is 6.17. The number of aromatic nitrogens is 6. The lowest BCUT2D eigenvalue weighted by molar-refractivity contribution is -0.138. The molecule has 7 rings (SSSR count). The number of rotatable bonds is 5. The Labute approximate surface area is 275 Å². The van der Waals surface area contributed by atoms with Gasteiger partial charge in [-0.15, -0.1) is 10.2 Å². The Morgan fingerprint density at radius 2 is 1.81 bits per heavy atom. The van der Waals surface area contributed by atoms with Crippen LogP contribution in [0.15, 0.2) is 82.3 Å². The van der Waals surface area contributed by atoms with E-state index in [2.05, 4.69) is 36.5 Å². The van der Waals surface area contributed by atoms with Crippen LogP contribution in [0, 0.1) is 0 Å². The van der Waals surface area contributed by atoms with Crippen LogP contribution in [0.1, 0.15) is 52.2 Å². The molecular formula is C33H30BrF3N8O2. The summed E-state index contributed by atoms with van der Waals surface area (Å²) in [5, 5.41) is 16.0. The van der Waals surface area contributed by atoms with Crippen molar-refractivity contribution >= 4 is 39.1 Å². The number of hydrogen-bond acceptors (Lipinski definition) is 6. The Morgan fingerprint density at radius 1 is 1.04 bits per heavy atom. The van der Waals surface area contributed by atoms with Gasteiger partial charge >= 0.3 is 6.18 Å². The zero-order valence-electron chi connectivity index (χ0n) is 25.7. The third-order valence-electron chi connectivity index (χ3n) is 7.98. The molecule has 0 radical (unpaired) electrons. The summed E-state index contributed by atoms with van der Waals surface area (Å²) in [5.74, 6) is -0.0169. The number of halogens is 4. The smallest absolute Gasteiger partial charge is 0.357 e. The molecule has 1 N–H and O–H groups in total. The summed E-state index contributed by atoms with van der Waals surface area (Å²) in [6.45, 7) is 4.15. The highest BCUT2D eigenvalue weighted by Crippen LogP contribution is 2.36. The molecule has 0 saturated carbocycles. The predicted molar refractivity (Wildman–Crippen MR) is 175 cm³/mol. The fraction of sp³-hybridized carbons (Fsp3) is 0.242. The van der Waals surface area contributed by atoms with Crippen LogP contribution in [0.5, 0.6) is 0 Å². The molecule has 1 amide bonds. The first-order chi connectivity index (χ1) is 22.6. The first-order valence-electron chi connectivity index (χ1n) is 15.0. The fourth-order valence-corrected chi connectivity index (χ4v) is 6.29. The Kier molecular flexibility index (Phi) is 8.62. The molecule has 0 bridgehead atoms. The molecule has 0 unspecified atom stereocenters. The van der Waals surface area contributed by atoms with E-state index in [-0.39, 0.29) is 35.1 Å². The second-order valence-corrected chi connectivity index (χ2v) is 11.5. The van der Waals surface area contributed by atoms with Crippen molar-refractivity contribution in [1.82, 2.24) is 33.7 Å². The highest BCUT2D eigenvalue weighted by Gasteiger charge is 2.35. The molecule has 0 spiro atoms. The standard InChI is InChI=1S/C31H24BrF3N8O2.C2H6/c1-36-30-39-38-26-15-21(9-12-41(26)30)42-27-20(13-18-5-3-2-4-6-18)16-37-43(27)25-17-40(11-10-22(25)29(42)45)28(44)19-7-8-24(32)23(14-19)31(33,34)35;1-2/h2-9,12,14-16H,10-11,13,17H2,1H3,(H,36,39);1-2H3. The van der Waals surface area contributed by atoms with Crippen LogP contribution in [-0.4, -0.2) is 53.2 Å². The van der Waals surface area contributed by atoms with E-state index in [1.165, 1.54) is 17.0 Å². The molecule has 4 aromatic heterocycles. The number of nitrogens with zero attached hydrogens (tertiary/aromatic N) is 7. The topological polar surface area (TPSA) is 102 Å². The molecule has 1 aliphatic heterocycles. The first-order valence-corrected chi connectivity index (χ1v) is 15.8. The van der Waals surface area contributed by atoms with Gasteiger partial charge in [0.05, 0.1) is 29.7 Å². The third kappa shape index (κ3) is 5.77. The van der Waals surface area contributed by atoms with Crippen LogP contribution in [0.2, 0.25) is 0 Å². The second kappa shape index (κ2) is 12.7. The van der Waals surface area contributed by atoms with Gasteiger partial charge in [-0.25, -0.2) is 4.52 Å². The number of alkyl halides is 3. The first kappa shape index (κ1) is 32.0. The van der Waals surface area contributed by atoms with Crippen LogP contribution >= 0.6 is 15.9 Å². The average Bonchev–Trinajstić information content (AvgIpc) is 3.69. The monoisotopic (exact) mass is 706 g/mol. The molecule has 1 aliphatic rings. The molecule has 10 nitrogen and oxygen atoms in total. The summed E-state index contributed by atoms with van der Waals surface area (Å²) < 4.78 is 45.6. The number of benzene rings is 2. The zero-order valence-corrected chi connectivity index (χ0v) is 27.3. The molecule has 0 fully saturated rings. The minimum absolute atomic E-state index is 0.000634. The normalized spacial score (nSPS) is 13.0. The van der Waals surface area contributed by atoms with Gasteiger partial charge in [0.25, 0.3) is 11.5 Å². The zero-order chi connectivity index (χ0) is 33.5. The Hall–Kier alpha value is -4.98. The summed E-state index contributed by atoms with van der Waals surface area (Å²) in [6, 6.07) is 16.8. The molecule has 5 heterocycles. The molecule has 0 saturated heterocycles. The van der Waals surface area contributed by atoms with Crippen molar-refractivity contribution in [3.8, 4) is 5.69 Å². The van der Waals surface area contributed by atoms with Gasteiger partial charge in [-0.05, 0) is 36.2 Å². The maximum absolute atomic E-state index is 14.3. The quantitative estimate of drug-likeness (QED) is 0.230. The molecular weight excluding hydrogens is 677 g/mol. The summed E-state index contributed by atoms with van der Waals surface area (Å²) >= 11 is 2.93. The van der Waals surface area contributed by atoms with Crippen molar-refractivity contribution in [2.75, 3.05) is 18.9 Å². The summed E-state index contributed by atoms with van der Waals surface area (Å²) in [7, 11) is 1.74. The van der Waals surface area contributed by atoms with E-state index in [0.29, 0.717) is 40.6 Å². The van der Waals surface area contributed by atoms with Crippen LogP contribution in [0.3, 0.4) is 0 Å². The van der Waals surface area contributed by atoms with Crippen molar-refractivity contribution < 1.29 is 18.0 Å². The van der Waals surface area contributed by atoms with Gasteiger partial charge in [0.15, 0.2) is 5.65 Å². The summed E-state index contributed by atoms with van der Waals surface area (Å²) in [5.41, 5.74) is 3.13. The van der Waals surface area contributed by atoms with E-state index in [4.69, 9.17) is 0 Å². The molecule has 14 heteroatoms. The summed E-state index contributed by atoms with van der Waals surface area (Å²) in [6.07, 6.45) is -0.460. The Morgan fingerprint density at radius 3 is 2.53 bits per heavy atom. The lowest BCUT2D eigenvalue weighted by atomic mass is 10.0. The van der Waals surface area contributed by atoms with Crippen molar-refractivity contribution in [2.24, 2.45) is 0 Å². The van der Waals surface area contributed by atoms with E-state index < -0.39 is 17.6 Å². The summed E-state index contributed by atoms with van der Waals surface area (Å²) in [4.78, 5) is 29.3. The number of pyridine rings is 1. The highest BCUT2D eigenvalue weighted by molar-refractivity contribution is 9.10. The second-order valence-electron chi connectivity index (χ2n) is 10.7. The molecule has 0 aliphatic carbocycles. The highest BCUT2D eigenvalue weighted by atomic mass is 79.9. The van der Waals surface area contributed by atoms with Gasteiger partial charge in [0.1, 0.15) is 5.65 Å². The van der Waals surface area contributed by atoms with E-state index >= 15 is 0 Å². The Balaban J connectivity index is 0.00000190. The van der Waals surface area contributed by atoms with Gasteiger partial charge in [-0.1, -0.05) is 60.1 Å². The van der Waals surface area contributed by atoms with E-state index in [1.807, 2.05) is 44.2 Å². The van der Waals surface area contributed by atoms with Crippen molar-refractivity contribution in [2.45, 2.75) is 39.4 Å². The van der Waals surface area contributed by atoms with Gasteiger partial charge in [0, 0.05) is 53.4 Å². The Bertz CT molecular complexity index is 2170. The fourth-order valence-electron chi connectivity index (χ4n) is 5.82. The third-order valence-corrected chi connectivity index (χ3v) is 8.68. The lowest BCUT2D eigenvalue weighted by Crippen LogP contribution is -2.41. The number of carbonyl (C=O) groups excluding carboxylic acids is 1. The SMILES string of the molecule is CC.CNc1nnc2cc(-n3c(=O)c4c(n5ncc(Cc6ccccc6)c35)CN(C(=O)c3ccc(Br)c(C(F)(F)F)c3)CC4)ccn12. The van der Waals surface area contributed by atoms with Crippen molar-refractivity contribution in [3.63, 3.8) is 0 Å². The van der Waals surface area contributed by atoms with Crippen LogP contribution < -0.4 is 10.9 Å². The number of hydrogen-bond donors (Lipinski definition) is 1. The number of fused-ring (bicyclic) bond motifs is 4.